The van der Waals surface area contributed by atoms with Gasteiger partial charge in [-0.25, -0.2) is 0 Å². The quantitative estimate of drug-likeness (QED) is 0.409. The summed E-state index contributed by atoms with van der Waals surface area (Å²) in [5.41, 5.74) is 4.16. The summed E-state index contributed by atoms with van der Waals surface area (Å²) in [6, 6.07) is 28.0. The van der Waals surface area contributed by atoms with Gasteiger partial charge in [0.2, 0.25) is 17.6 Å². The monoisotopic (exact) mass is 411 g/mol. The van der Waals surface area contributed by atoms with Crippen LogP contribution >= 0.6 is 0 Å². The number of hydrogen-bond acceptors (Lipinski definition) is 4. The molecule has 0 fully saturated rings. The Labute approximate surface area is 182 Å². The van der Waals surface area contributed by atoms with E-state index in [1.165, 1.54) is 0 Å². The Bertz CT molecular complexity index is 1120. The first-order valence-corrected chi connectivity index (χ1v) is 10.4. The van der Waals surface area contributed by atoms with Gasteiger partial charge in [0, 0.05) is 11.6 Å². The fraction of sp³-hybridized carbons (Fsp3) is 0.192. The Balaban J connectivity index is 1.44. The molecule has 1 aromatic heterocycles. The van der Waals surface area contributed by atoms with Crippen molar-refractivity contribution in [2.75, 3.05) is 0 Å². The average Bonchev–Trinajstić information content (AvgIpc) is 3.28. The summed E-state index contributed by atoms with van der Waals surface area (Å²) in [7, 11) is 0. The minimum Gasteiger partial charge on any atom is -0.337 e. The van der Waals surface area contributed by atoms with Crippen molar-refractivity contribution < 1.29 is 9.32 Å². The van der Waals surface area contributed by atoms with Crippen molar-refractivity contribution in [3.8, 4) is 22.5 Å². The zero-order valence-corrected chi connectivity index (χ0v) is 17.7. The van der Waals surface area contributed by atoms with Crippen LogP contribution < -0.4 is 0 Å². The van der Waals surface area contributed by atoms with Gasteiger partial charge in [-0.3, -0.25) is 4.79 Å². The summed E-state index contributed by atoms with van der Waals surface area (Å²) in [5.74, 6) is 0.991. The first kappa shape index (κ1) is 20.5. The molecule has 0 atom stereocenters. The Morgan fingerprint density at radius 1 is 0.839 bits per heavy atom. The molecule has 0 aliphatic rings. The third-order valence-electron chi connectivity index (χ3n) is 5.17. The second-order valence-corrected chi connectivity index (χ2v) is 7.73. The van der Waals surface area contributed by atoms with Gasteiger partial charge in [-0.15, -0.1) is 0 Å². The van der Waals surface area contributed by atoms with E-state index in [0.29, 0.717) is 24.7 Å². The van der Waals surface area contributed by atoms with Crippen molar-refractivity contribution in [3.63, 3.8) is 0 Å². The fourth-order valence-corrected chi connectivity index (χ4v) is 3.45. The van der Waals surface area contributed by atoms with E-state index < -0.39 is 0 Å². The molecule has 0 N–H and O–H groups in total. The molecule has 0 unspecified atom stereocenters. The molecule has 0 radical (unpaired) electrons. The topological polar surface area (TPSA) is 59.2 Å². The van der Waals surface area contributed by atoms with Gasteiger partial charge in [0.05, 0.1) is 6.42 Å². The van der Waals surface area contributed by atoms with Crippen LogP contribution in [-0.2, 0) is 17.8 Å². The lowest BCUT2D eigenvalue weighted by molar-refractivity contribution is -0.133. The van der Waals surface area contributed by atoms with Crippen molar-refractivity contribution in [1.29, 1.82) is 0 Å². The molecule has 0 aliphatic carbocycles. The first-order valence-electron chi connectivity index (χ1n) is 10.4. The molecule has 1 heterocycles. The molecule has 5 nitrogen and oxygen atoms in total. The van der Waals surface area contributed by atoms with Crippen molar-refractivity contribution in [3.05, 3.63) is 96.4 Å². The van der Waals surface area contributed by atoms with Crippen LogP contribution in [0.2, 0.25) is 0 Å². The zero-order valence-electron chi connectivity index (χ0n) is 17.7. The van der Waals surface area contributed by atoms with Gasteiger partial charge >= 0.3 is 0 Å². The number of amides is 1. The second kappa shape index (κ2) is 9.39. The lowest BCUT2D eigenvalue weighted by Gasteiger charge is -2.25. The lowest BCUT2D eigenvalue weighted by Crippen LogP contribution is -2.37. The molecule has 4 aromatic rings. The summed E-state index contributed by atoms with van der Waals surface area (Å²) >= 11 is 0. The molecule has 3 aromatic carbocycles. The molecule has 0 saturated carbocycles. The zero-order chi connectivity index (χ0) is 21.6. The number of nitrogens with zero attached hydrogens (tertiary/aromatic N) is 3. The maximum absolute atomic E-state index is 13.0. The Morgan fingerprint density at radius 2 is 1.42 bits per heavy atom. The maximum atomic E-state index is 13.0. The maximum Gasteiger partial charge on any atom is 0.246 e. The van der Waals surface area contributed by atoms with E-state index in [-0.39, 0.29) is 11.9 Å². The molecule has 0 spiro atoms. The van der Waals surface area contributed by atoms with Gasteiger partial charge in [-0.05, 0) is 30.5 Å². The van der Waals surface area contributed by atoms with Crippen molar-refractivity contribution >= 4 is 5.91 Å². The van der Waals surface area contributed by atoms with Crippen LogP contribution in [0.5, 0.6) is 0 Å². The van der Waals surface area contributed by atoms with Crippen molar-refractivity contribution in [2.24, 2.45) is 0 Å². The molecular weight excluding hydrogens is 386 g/mol. The van der Waals surface area contributed by atoms with Gasteiger partial charge in [0.25, 0.3) is 0 Å². The van der Waals surface area contributed by atoms with E-state index in [1.807, 2.05) is 74.5 Å². The van der Waals surface area contributed by atoms with E-state index in [0.717, 1.165) is 22.3 Å². The number of rotatable bonds is 7. The summed E-state index contributed by atoms with van der Waals surface area (Å²) in [5, 5.41) is 4.06. The largest absolute Gasteiger partial charge is 0.337 e. The third kappa shape index (κ3) is 5.07. The van der Waals surface area contributed by atoms with Gasteiger partial charge in [0.1, 0.15) is 6.54 Å². The summed E-state index contributed by atoms with van der Waals surface area (Å²) in [4.78, 5) is 19.3. The van der Waals surface area contributed by atoms with Gasteiger partial charge in [0.15, 0.2) is 0 Å². The number of benzene rings is 3. The minimum absolute atomic E-state index is 0.0168. The molecule has 156 valence electrons. The number of hydrogen-bond donors (Lipinski definition) is 0. The number of aromatic nitrogens is 2. The standard InChI is InChI=1S/C26H25N3O2/c1-19(2)29(18-24-27-26(28-31-24)23-11-7-4-8-12-23)25(30)17-20-13-15-22(16-14-20)21-9-5-3-6-10-21/h3-16,19H,17-18H2,1-2H3. The van der Waals surface area contributed by atoms with Crippen LogP contribution in [0, 0.1) is 0 Å². The molecule has 31 heavy (non-hydrogen) atoms. The Hall–Kier alpha value is -3.73. The number of carbonyl (C=O) groups excluding carboxylic acids is 1. The molecule has 0 saturated heterocycles. The molecule has 5 heteroatoms. The normalized spacial score (nSPS) is 10.9. The fourth-order valence-electron chi connectivity index (χ4n) is 3.45. The van der Waals surface area contributed by atoms with Crippen LogP contribution in [0.1, 0.15) is 25.3 Å². The summed E-state index contributed by atoms with van der Waals surface area (Å²) in [6.07, 6.45) is 0.326. The molecule has 1 amide bonds. The highest BCUT2D eigenvalue weighted by Crippen LogP contribution is 2.20. The molecule has 0 aliphatic heterocycles. The average molecular weight is 412 g/mol. The molecular formula is C26H25N3O2. The van der Waals surface area contributed by atoms with E-state index >= 15 is 0 Å². The van der Waals surface area contributed by atoms with Crippen molar-refractivity contribution in [2.45, 2.75) is 32.9 Å². The minimum atomic E-state index is 0.0168. The van der Waals surface area contributed by atoms with Crippen molar-refractivity contribution in [1.82, 2.24) is 15.0 Å². The predicted octanol–water partition coefficient (Wildman–Crippen LogP) is 5.38. The summed E-state index contributed by atoms with van der Waals surface area (Å²) in [6.45, 7) is 4.27. The first-order chi connectivity index (χ1) is 15.1. The van der Waals surface area contributed by atoms with Gasteiger partial charge in [-0.1, -0.05) is 90.1 Å². The van der Waals surface area contributed by atoms with Crippen LogP contribution in [0.4, 0.5) is 0 Å². The van der Waals surface area contributed by atoms with Crippen LogP contribution in [0.3, 0.4) is 0 Å². The number of carbonyl (C=O) groups is 1. The van der Waals surface area contributed by atoms with E-state index in [2.05, 4.69) is 34.4 Å². The highest BCUT2D eigenvalue weighted by Gasteiger charge is 2.21. The van der Waals surface area contributed by atoms with E-state index in [1.54, 1.807) is 4.90 Å². The lowest BCUT2D eigenvalue weighted by atomic mass is 10.0. The van der Waals surface area contributed by atoms with Gasteiger partial charge in [-0.2, -0.15) is 4.98 Å². The SMILES string of the molecule is CC(C)N(Cc1nc(-c2ccccc2)no1)C(=O)Cc1ccc(-c2ccccc2)cc1. The summed E-state index contributed by atoms with van der Waals surface area (Å²) < 4.78 is 5.41. The molecule has 0 bridgehead atoms. The Morgan fingerprint density at radius 3 is 2.03 bits per heavy atom. The van der Waals surface area contributed by atoms with Crippen LogP contribution in [0.15, 0.2) is 89.5 Å². The second-order valence-electron chi connectivity index (χ2n) is 7.73. The highest BCUT2D eigenvalue weighted by atomic mass is 16.5. The van der Waals surface area contributed by atoms with E-state index in [9.17, 15) is 4.79 Å². The molecule has 4 rings (SSSR count). The van der Waals surface area contributed by atoms with Crippen LogP contribution in [0.25, 0.3) is 22.5 Å². The predicted molar refractivity (Wildman–Crippen MR) is 121 cm³/mol. The van der Waals surface area contributed by atoms with E-state index in [4.69, 9.17) is 4.52 Å². The van der Waals surface area contributed by atoms with Gasteiger partial charge < -0.3 is 9.42 Å². The highest BCUT2D eigenvalue weighted by molar-refractivity contribution is 5.79. The third-order valence-corrected chi connectivity index (χ3v) is 5.17. The van der Waals surface area contributed by atoms with Crippen LogP contribution in [-0.4, -0.2) is 27.0 Å². The Kier molecular flexibility index (Phi) is 6.22. The smallest absolute Gasteiger partial charge is 0.246 e.